The molecule has 1 rings (SSSR count). The fourth-order valence-corrected chi connectivity index (χ4v) is 1.58. The van der Waals surface area contributed by atoms with E-state index in [1.165, 1.54) is 7.11 Å². The van der Waals surface area contributed by atoms with E-state index < -0.39 is 23.4 Å². The molecule has 0 aliphatic rings. The van der Waals surface area contributed by atoms with E-state index in [-0.39, 0.29) is 13.1 Å². The third-order valence-corrected chi connectivity index (χ3v) is 2.58. The van der Waals surface area contributed by atoms with E-state index in [0.717, 1.165) is 16.7 Å². The number of methoxy groups -OCH3 is 1. The molecule has 0 aliphatic carbocycles. The van der Waals surface area contributed by atoms with Gasteiger partial charge in [-0.25, -0.2) is 0 Å². The summed E-state index contributed by atoms with van der Waals surface area (Å²) in [5.41, 5.74) is -1.51. The summed E-state index contributed by atoms with van der Waals surface area (Å²) in [6.45, 7) is 0.913. The SMILES string of the molecule is COCCNCC(O)Cn1cc(C(F)(F)F)ccc1=O. The minimum absolute atomic E-state index is 0.159. The molecule has 5 nitrogen and oxygen atoms in total. The molecule has 20 heavy (non-hydrogen) atoms. The first-order valence-electron chi connectivity index (χ1n) is 6.00. The summed E-state index contributed by atoms with van der Waals surface area (Å²) in [6.07, 6.45) is -4.77. The van der Waals surface area contributed by atoms with E-state index >= 15 is 0 Å². The summed E-state index contributed by atoms with van der Waals surface area (Å²) in [5.74, 6) is 0. The number of nitrogens with one attached hydrogen (secondary N) is 1. The maximum atomic E-state index is 12.5. The van der Waals surface area contributed by atoms with Crippen molar-refractivity contribution in [2.45, 2.75) is 18.8 Å². The van der Waals surface area contributed by atoms with Gasteiger partial charge < -0.3 is 19.7 Å². The monoisotopic (exact) mass is 294 g/mol. The normalized spacial score (nSPS) is 13.4. The molecule has 114 valence electrons. The Bertz CT molecular complexity index is 474. The summed E-state index contributed by atoms with van der Waals surface area (Å²) in [5, 5.41) is 12.5. The van der Waals surface area contributed by atoms with Gasteiger partial charge >= 0.3 is 6.18 Å². The number of pyridine rings is 1. The molecule has 0 spiro atoms. The average Bonchev–Trinajstić information content (AvgIpc) is 2.36. The smallest absolute Gasteiger partial charge is 0.390 e. The predicted octanol–water partition coefficient (Wildman–Crippen LogP) is 0.464. The Labute approximate surface area is 114 Å². The van der Waals surface area contributed by atoms with E-state index in [1.807, 2.05) is 0 Å². The van der Waals surface area contributed by atoms with Gasteiger partial charge in [-0.2, -0.15) is 13.2 Å². The number of ether oxygens (including phenoxy) is 1. The van der Waals surface area contributed by atoms with Gasteiger partial charge in [0.25, 0.3) is 5.56 Å². The lowest BCUT2D eigenvalue weighted by atomic mass is 10.2. The third-order valence-electron chi connectivity index (χ3n) is 2.58. The summed E-state index contributed by atoms with van der Waals surface area (Å²) in [6, 6.07) is 1.57. The van der Waals surface area contributed by atoms with Crippen LogP contribution in [0.25, 0.3) is 0 Å². The highest BCUT2D eigenvalue weighted by Crippen LogP contribution is 2.27. The Morgan fingerprint density at radius 2 is 2.15 bits per heavy atom. The first kappa shape index (κ1) is 16.7. The number of halogens is 3. The molecule has 1 unspecified atom stereocenters. The molecule has 2 N–H and O–H groups in total. The summed E-state index contributed by atoms with van der Waals surface area (Å²) in [4.78, 5) is 11.5. The van der Waals surface area contributed by atoms with Crippen LogP contribution in [0, 0.1) is 0 Å². The standard InChI is InChI=1S/C12H17F3N2O3/c1-20-5-4-16-6-10(18)8-17-7-9(12(13,14)15)2-3-11(17)19/h2-3,7,10,16,18H,4-6,8H2,1H3. The van der Waals surface area contributed by atoms with Crippen molar-refractivity contribution in [2.75, 3.05) is 26.8 Å². The summed E-state index contributed by atoms with van der Waals surface area (Å²) >= 11 is 0. The van der Waals surface area contributed by atoms with Crippen LogP contribution in [-0.4, -0.2) is 42.6 Å². The molecule has 0 aromatic carbocycles. The first-order valence-corrected chi connectivity index (χ1v) is 6.00. The molecule has 0 saturated carbocycles. The van der Waals surface area contributed by atoms with Crippen molar-refractivity contribution >= 4 is 0 Å². The van der Waals surface area contributed by atoms with Gasteiger partial charge in [0.1, 0.15) is 0 Å². The second-order valence-electron chi connectivity index (χ2n) is 4.26. The number of hydrogen-bond acceptors (Lipinski definition) is 4. The molecule has 0 radical (unpaired) electrons. The number of hydrogen-bond donors (Lipinski definition) is 2. The highest BCUT2D eigenvalue weighted by Gasteiger charge is 2.31. The van der Waals surface area contributed by atoms with Crippen LogP contribution in [0.4, 0.5) is 13.2 Å². The van der Waals surface area contributed by atoms with Crippen LogP contribution < -0.4 is 10.9 Å². The molecule has 0 fully saturated rings. The maximum absolute atomic E-state index is 12.5. The van der Waals surface area contributed by atoms with Crippen LogP contribution in [0.5, 0.6) is 0 Å². The van der Waals surface area contributed by atoms with Crippen molar-refractivity contribution in [3.8, 4) is 0 Å². The van der Waals surface area contributed by atoms with Crippen LogP contribution >= 0.6 is 0 Å². The van der Waals surface area contributed by atoms with Gasteiger partial charge in [-0.3, -0.25) is 4.79 Å². The minimum Gasteiger partial charge on any atom is -0.390 e. The van der Waals surface area contributed by atoms with Crippen LogP contribution in [0.2, 0.25) is 0 Å². The number of aliphatic hydroxyl groups is 1. The lowest BCUT2D eigenvalue weighted by molar-refractivity contribution is -0.138. The highest BCUT2D eigenvalue weighted by molar-refractivity contribution is 5.13. The fraction of sp³-hybridized carbons (Fsp3) is 0.583. The Morgan fingerprint density at radius 1 is 1.45 bits per heavy atom. The van der Waals surface area contributed by atoms with Gasteiger partial charge in [0.2, 0.25) is 0 Å². The van der Waals surface area contributed by atoms with E-state index in [4.69, 9.17) is 4.74 Å². The molecule has 0 aliphatic heterocycles. The van der Waals surface area contributed by atoms with Crippen molar-refractivity contribution in [1.29, 1.82) is 0 Å². The largest absolute Gasteiger partial charge is 0.417 e. The minimum atomic E-state index is -4.52. The van der Waals surface area contributed by atoms with Gasteiger partial charge in [0.05, 0.1) is 24.8 Å². The quantitative estimate of drug-likeness (QED) is 0.717. The van der Waals surface area contributed by atoms with Gasteiger partial charge in [-0.15, -0.1) is 0 Å². The van der Waals surface area contributed by atoms with Gasteiger partial charge in [-0.05, 0) is 6.07 Å². The third kappa shape index (κ3) is 5.32. The Hall–Kier alpha value is -1.38. The Kier molecular flexibility index (Phi) is 6.18. The Balaban J connectivity index is 2.65. The van der Waals surface area contributed by atoms with Crippen LogP contribution in [-0.2, 0) is 17.5 Å². The number of aromatic nitrogens is 1. The van der Waals surface area contributed by atoms with E-state index in [0.29, 0.717) is 19.3 Å². The molecule has 1 aromatic rings. The second-order valence-corrected chi connectivity index (χ2v) is 4.26. The van der Waals surface area contributed by atoms with E-state index in [2.05, 4.69) is 5.32 Å². The number of nitrogens with zero attached hydrogens (tertiary/aromatic N) is 1. The molecular formula is C12H17F3N2O3. The van der Waals surface area contributed by atoms with Crippen LogP contribution in [0.15, 0.2) is 23.1 Å². The Morgan fingerprint density at radius 3 is 2.75 bits per heavy atom. The topological polar surface area (TPSA) is 63.5 Å². The van der Waals surface area contributed by atoms with Gasteiger partial charge in [0.15, 0.2) is 0 Å². The lowest BCUT2D eigenvalue weighted by Gasteiger charge is -2.15. The van der Waals surface area contributed by atoms with Gasteiger partial charge in [-0.1, -0.05) is 0 Å². The maximum Gasteiger partial charge on any atom is 0.417 e. The van der Waals surface area contributed by atoms with Crippen molar-refractivity contribution in [3.63, 3.8) is 0 Å². The van der Waals surface area contributed by atoms with Gasteiger partial charge in [0, 0.05) is 32.5 Å². The molecule has 1 atom stereocenters. The fourth-order valence-electron chi connectivity index (χ4n) is 1.58. The van der Waals surface area contributed by atoms with E-state index in [9.17, 15) is 23.1 Å². The second kappa shape index (κ2) is 7.41. The molecular weight excluding hydrogens is 277 g/mol. The van der Waals surface area contributed by atoms with Crippen molar-refractivity contribution in [2.24, 2.45) is 0 Å². The number of rotatable bonds is 7. The molecule has 8 heteroatoms. The van der Waals surface area contributed by atoms with Crippen molar-refractivity contribution in [1.82, 2.24) is 9.88 Å². The van der Waals surface area contributed by atoms with Crippen LogP contribution in [0.3, 0.4) is 0 Å². The molecule has 0 bridgehead atoms. The zero-order valence-corrected chi connectivity index (χ0v) is 11.0. The predicted molar refractivity (Wildman–Crippen MR) is 66.5 cm³/mol. The molecule has 0 saturated heterocycles. The summed E-state index contributed by atoms with van der Waals surface area (Å²) < 4.78 is 43.2. The number of aliphatic hydroxyl groups excluding tert-OH is 1. The van der Waals surface area contributed by atoms with Crippen LogP contribution in [0.1, 0.15) is 5.56 Å². The molecule has 1 heterocycles. The average molecular weight is 294 g/mol. The lowest BCUT2D eigenvalue weighted by Crippen LogP contribution is -2.35. The molecule has 0 amide bonds. The van der Waals surface area contributed by atoms with E-state index in [1.54, 1.807) is 0 Å². The van der Waals surface area contributed by atoms with Crippen molar-refractivity contribution in [3.05, 3.63) is 34.2 Å². The first-order chi connectivity index (χ1) is 9.34. The van der Waals surface area contributed by atoms with Crippen molar-refractivity contribution < 1.29 is 23.0 Å². The highest BCUT2D eigenvalue weighted by atomic mass is 19.4. The number of alkyl halides is 3. The zero-order chi connectivity index (χ0) is 15.2. The molecule has 1 aromatic heterocycles. The zero-order valence-electron chi connectivity index (χ0n) is 11.0. The summed E-state index contributed by atoms with van der Waals surface area (Å²) in [7, 11) is 1.53.